The van der Waals surface area contributed by atoms with Gasteiger partial charge in [0, 0.05) is 33.3 Å². The lowest BCUT2D eigenvalue weighted by atomic mass is 10.2. The third kappa shape index (κ3) is 3.43. The Morgan fingerprint density at radius 1 is 1.58 bits per heavy atom. The standard InChI is InChI=1S/C13H18N4O2/c1-17(2)11-7-9(5-6-14-11)8-15-13(19)10-3-4-12(18)16-10/h5-7,10H,3-4,8H2,1-2H3,(H,15,19)(H,16,18). The smallest absolute Gasteiger partial charge is 0.242 e. The Hall–Kier alpha value is -2.11. The van der Waals surface area contributed by atoms with Crippen LogP contribution < -0.4 is 15.5 Å². The van der Waals surface area contributed by atoms with E-state index >= 15 is 0 Å². The lowest BCUT2D eigenvalue weighted by Crippen LogP contribution is -2.41. The number of aromatic nitrogens is 1. The van der Waals surface area contributed by atoms with E-state index in [2.05, 4.69) is 15.6 Å². The number of carbonyl (C=O) groups is 2. The summed E-state index contributed by atoms with van der Waals surface area (Å²) in [5.41, 5.74) is 0.983. The van der Waals surface area contributed by atoms with Crippen LogP contribution in [0.4, 0.5) is 5.82 Å². The molecule has 2 heterocycles. The van der Waals surface area contributed by atoms with E-state index in [0.29, 0.717) is 19.4 Å². The van der Waals surface area contributed by atoms with E-state index in [9.17, 15) is 9.59 Å². The minimum atomic E-state index is -0.386. The SMILES string of the molecule is CN(C)c1cc(CNC(=O)C2CCC(=O)N2)ccn1. The first-order valence-electron chi connectivity index (χ1n) is 6.25. The molecule has 1 aliphatic rings. The minimum Gasteiger partial charge on any atom is -0.363 e. The zero-order valence-electron chi connectivity index (χ0n) is 11.1. The average molecular weight is 262 g/mol. The van der Waals surface area contributed by atoms with Gasteiger partial charge < -0.3 is 15.5 Å². The first-order valence-corrected chi connectivity index (χ1v) is 6.25. The predicted octanol–water partition coefficient (Wildman–Crippen LogP) is 0.0424. The fraction of sp³-hybridized carbons (Fsp3) is 0.462. The van der Waals surface area contributed by atoms with Gasteiger partial charge in [0.05, 0.1) is 0 Å². The normalized spacial score (nSPS) is 18.0. The number of hydrogen-bond acceptors (Lipinski definition) is 4. The highest BCUT2D eigenvalue weighted by atomic mass is 16.2. The zero-order valence-corrected chi connectivity index (χ0v) is 11.1. The second-order valence-corrected chi connectivity index (χ2v) is 4.79. The summed E-state index contributed by atoms with van der Waals surface area (Å²) in [4.78, 5) is 29.0. The van der Waals surface area contributed by atoms with Gasteiger partial charge in [-0.3, -0.25) is 9.59 Å². The minimum absolute atomic E-state index is 0.0565. The van der Waals surface area contributed by atoms with Crippen LogP contribution in [0.3, 0.4) is 0 Å². The zero-order chi connectivity index (χ0) is 13.8. The number of hydrogen-bond donors (Lipinski definition) is 2. The molecule has 1 atom stereocenters. The third-order valence-electron chi connectivity index (χ3n) is 3.05. The molecule has 6 heteroatoms. The fourth-order valence-corrected chi connectivity index (χ4v) is 1.94. The summed E-state index contributed by atoms with van der Waals surface area (Å²) in [7, 11) is 3.83. The van der Waals surface area contributed by atoms with Gasteiger partial charge in [0.1, 0.15) is 11.9 Å². The molecular formula is C13H18N4O2. The van der Waals surface area contributed by atoms with Crippen molar-refractivity contribution >= 4 is 17.6 Å². The molecule has 1 saturated heterocycles. The van der Waals surface area contributed by atoms with Gasteiger partial charge in [0.2, 0.25) is 11.8 Å². The van der Waals surface area contributed by atoms with Crippen LogP contribution in [0, 0.1) is 0 Å². The molecule has 0 spiro atoms. The van der Waals surface area contributed by atoms with Gasteiger partial charge in [-0.05, 0) is 24.1 Å². The Morgan fingerprint density at radius 2 is 2.37 bits per heavy atom. The van der Waals surface area contributed by atoms with Crippen molar-refractivity contribution in [2.75, 3.05) is 19.0 Å². The van der Waals surface area contributed by atoms with Crippen molar-refractivity contribution < 1.29 is 9.59 Å². The van der Waals surface area contributed by atoms with Gasteiger partial charge in [-0.25, -0.2) is 4.98 Å². The Labute approximate surface area is 112 Å². The molecule has 1 unspecified atom stereocenters. The number of carbonyl (C=O) groups excluding carboxylic acids is 2. The number of pyridine rings is 1. The van der Waals surface area contributed by atoms with Crippen LogP contribution in [0.15, 0.2) is 18.3 Å². The third-order valence-corrected chi connectivity index (χ3v) is 3.05. The van der Waals surface area contributed by atoms with Crippen LogP contribution in [-0.4, -0.2) is 36.9 Å². The van der Waals surface area contributed by atoms with Gasteiger partial charge in [-0.1, -0.05) is 0 Å². The van der Waals surface area contributed by atoms with Gasteiger partial charge >= 0.3 is 0 Å². The summed E-state index contributed by atoms with van der Waals surface area (Å²) in [6.45, 7) is 0.439. The summed E-state index contributed by atoms with van der Waals surface area (Å²) >= 11 is 0. The van der Waals surface area contributed by atoms with Gasteiger partial charge in [-0.2, -0.15) is 0 Å². The monoisotopic (exact) mass is 262 g/mol. The highest BCUT2D eigenvalue weighted by Gasteiger charge is 2.26. The molecule has 0 radical (unpaired) electrons. The molecule has 0 aliphatic carbocycles. The summed E-state index contributed by atoms with van der Waals surface area (Å²) in [5.74, 6) is 0.661. The molecule has 1 aromatic rings. The molecule has 19 heavy (non-hydrogen) atoms. The maximum atomic E-state index is 11.8. The molecule has 0 saturated carbocycles. The lowest BCUT2D eigenvalue weighted by Gasteiger charge is -2.14. The van der Waals surface area contributed by atoms with Crippen molar-refractivity contribution in [1.82, 2.24) is 15.6 Å². The van der Waals surface area contributed by atoms with E-state index in [-0.39, 0.29) is 17.9 Å². The molecule has 0 aromatic carbocycles. The van der Waals surface area contributed by atoms with Gasteiger partial charge in [-0.15, -0.1) is 0 Å². The molecule has 0 bridgehead atoms. The number of amides is 2. The largest absolute Gasteiger partial charge is 0.363 e. The van der Waals surface area contributed by atoms with E-state index < -0.39 is 0 Å². The molecule has 102 valence electrons. The number of anilines is 1. The van der Waals surface area contributed by atoms with Crippen LogP contribution in [0.25, 0.3) is 0 Å². The average Bonchev–Trinajstić information content (AvgIpc) is 2.83. The van der Waals surface area contributed by atoms with Crippen molar-refractivity contribution in [3.63, 3.8) is 0 Å². The Bertz CT molecular complexity index is 487. The van der Waals surface area contributed by atoms with Crippen molar-refractivity contribution in [2.24, 2.45) is 0 Å². The number of nitrogens with one attached hydrogen (secondary N) is 2. The van der Waals surface area contributed by atoms with Gasteiger partial charge in [0.25, 0.3) is 0 Å². The summed E-state index contributed by atoms with van der Waals surface area (Å²) < 4.78 is 0. The topological polar surface area (TPSA) is 74.3 Å². The molecule has 1 fully saturated rings. The molecule has 2 N–H and O–H groups in total. The molecule has 1 aliphatic heterocycles. The first-order chi connectivity index (χ1) is 9.06. The summed E-state index contributed by atoms with van der Waals surface area (Å²) in [5, 5.41) is 5.48. The van der Waals surface area contributed by atoms with Crippen molar-refractivity contribution in [3.05, 3.63) is 23.9 Å². The van der Waals surface area contributed by atoms with Crippen LogP contribution >= 0.6 is 0 Å². The van der Waals surface area contributed by atoms with E-state index in [1.165, 1.54) is 0 Å². The molecule has 1 aromatic heterocycles. The molecule has 2 rings (SSSR count). The van der Waals surface area contributed by atoms with Crippen LogP contribution in [-0.2, 0) is 16.1 Å². The highest BCUT2D eigenvalue weighted by Crippen LogP contribution is 2.10. The number of rotatable bonds is 4. The Balaban J connectivity index is 1.90. The highest BCUT2D eigenvalue weighted by molar-refractivity contribution is 5.90. The predicted molar refractivity (Wildman–Crippen MR) is 71.6 cm³/mol. The number of nitrogens with zero attached hydrogens (tertiary/aromatic N) is 2. The van der Waals surface area contributed by atoms with Crippen LogP contribution in [0.2, 0.25) is 0 Å². The van der Waals surface area contributed by atoms with Crippen LogP contribution in [0.5, 0.6) is 0 Å². The maximum Gasteiger partial charge on any atom is 0.242 e. The van der Waals surface area contributed by atoms with Crippen molar-refractivity contribution in [1.29, 1.82) is 0 Å². The Morgan fingerprint density at radius 3 is 3.00 bits per heavy atom. The maximum absolute atomic E-state index is 11.8. The van der Waals surface area contributed by atoms with Crippen molar-refractivity contribution in [2.45, 2.75) is 25.4 Å². The molecule has 2 amide bonds. The molecular weight excluding hydrogens is 244 g/mol. The first kappa shape index (κ1) is 13.3. The van der Waals surface area contributed by atoms with E-state index in [0.717, 1.165) is 11.4 Å². The Kier molecular flexibility index (Phi) is 3.99. The summed E-state index contributed by atoms with van der Waals surface area (Å²) in [6.07, 6.45) is 2.72. The van der Waals surface area contributed by atoms with E-state index in [1.807, 2.05) is 31.1 Å². The second-order valence-electron chi connectivity index (χ2n) is 4.79. The second kappa shape index (κ2) is 5.69. The van der Waals surface area contributed by atoms with Crippen LogP contribution in [0.1, 0.15) is 18.4 Å². The van der Waals surface area contributed by atoms with Gasteiger partial charge in [0.15, 0.2) is 0 Å². The summed E-state index contributed by atoms with van der Waals surface area (Å²) in [6, 6.07) is 3.40. The van der Waals surface area contributed by atoms with E-state index in [1.54, 1.807) is 6.20 Å². The molecule has 6 nitrogen and oxygen atoms in total. The quantitative estimate of drug-likeness (QED) is 0.803. The van der Waals surface area contributed by atoms with Crippen molar-refractivity contribution in [3.8, 4) is 0 Å². The lowest BCUT2D eigenvalue weighted by molar-refractivity contribution is -0.125. The van der Waals surface area contributed by atoms with E-state index in [4.69, 9.17) is 0 Å². The fourth-order valence-electron chi connectivity index (χ4n) is 1.94.